The Labute approximate surface area is 151 Å². The zero-order valence-corrected chi connectivity index (χ0v) is 15.2. The van der Waals surface area contributed by atoms with E-state index < -0.39 is 0 Å². The van der Waals surface area contributed by atoms with Gasteiger partial charge in [-0.1, -0.05) is 27.9 Å². The second-order valence-electron chi connectivity index (χ2n) is 7.11. The van der Waals surface area contributed by atoms with Crippen LogP contribution in [0.25, 0.3) is 0 Å². The van der Waals surface area contributed by atoms with Crippen LogP contribution in [0.5, 0.6) is 0 Å². The third-order valence-electron chi connectivity index (χ3n) is 5.68. The lowest BCUT2D eigenvalue weighted by molar-refractivity contribution is 0.162. The zero-order chi connectivity index (χ0) is 16.7. The smallest absolute Gasteiger partial charge is 0.318 e. The van der Waals surface area contributed by atoms with E-state index in [0.29, 0.717) is 12.0 Å². The molecule has 3 fully saturated rings. The molecule has 4 rings (SSSR count). The molecule has 2 heterocycles. The van der Waals surface area contributed by atoms with Crippen molar-refractivity contribution in [2.45, 2.75) is 43.8 Å². The number of nitrogens with zero attached hydrogens (tertiary/aromatic N) is 2. The van der Waals surface area contributed by atoms with Gasteiger partial charge in [0.05, 0.1) is 6.04 Å². The van der Waals surface area contributed by atoms with Gasteiger partial charge in [-0.05, 0) is 49.8 Å². The Balaban J connectivity index is 1.38. The van der Waals surface area contributed by atoms with Gasteiger partial charge in [0.25, 0.3) is 0 Å². The lowest BCUT2D eigenvalue weighted by Crippen LogP contribution is -2.52. The minimum Gasteiger partial charge on any atom is -0.369 e. The van der Waals surface area contributed by atoms with Gasteiger partial charge in [0.2, 0.25) is 0 Å². The minimum absolute atomic E-state index is 0.00802. The number of likely N-dealkylation sites (tertiary alicyclic amines) is 1. The number of hydrogen-bond acceptors (Lipinski definition) is 2. The first-order valence-corrected chi connectivity index (χ1v) is 9.50. The molecule has 4 nitrogen and oxygen atoms in total. The molecular weight excluding hydrogens is 366 g/mol. The number of terminal acetylenes is 1. The summed E-state index contributed by atoms with van der Waals surface area (Å²) in [6, 6.07) is 8.87. The van der Waals surface area contributed by atoms with E-state index in [-0.39, 0.29) is 18.1 Å². The second kappa shape index (κ2) is 6.33. The van der Waals surface area contributed by atoms with Crippen molar-refractivity contribution in [1.82, 2.24) is 10.2 Å². The van der Waals surface area contributed by atoms with Crippen LogP contribution >= 0.6 is 15.9 Å². The van der Waals surface area contributed by atoms with Crippen molar-refractivity contribution >= 4 is 27.6 Å². The molecule has 2 saturated heterocycles. The minimum atomic E-state index is -0.00802. The number of anilines is 1. The third kappa shape index (κ3) is 2.77. The lowest BCUT2D eigenvalue weighted by atomic mass is 10.00. The molecule has 0 aromatic heterocycles. The summed E-state index contributed by atoms with van der Waals surface area (Å²) < 4.78 is 1.08. The summed E-state index contributed by atoms with van der Waals surface area (Å²) in [6.45, 7) is 1.82. The van der Waals surface area contributed by atoms with Gasteiger partial charge in [-0.2, -0.15) is 0 Å². The summed E-state index contributed by atoms with van der Waals surface area (Å²) in [5.74, 6) is 3.35. The molecule has 24 heavy (non-hydrogen) atoms. The highest BCUT2D eigenvalue weighted by atomic mass is 79.9. The average Bonchev–Trinajstić information content (AvgIpc) is 3.29. The SMILES string of the molecule is C#C[C@@H]1[C@H]2CC[C@H](C2)N1C(=O)NC1CCN(c2cccc(Br)c2)C1. The van der Waals surface area contributed by atoms with E-state index in [0.717, 1.165) is 36.8 Å². The van der Waals surface area contributed by atoms with Crippen molar-refractivity contribution in [3.63, 3.8) is 0 Å². The summed E-state index contributed by atoms with van der Waals surface area (Å²) >= 11 is 3.52. The van der Waals surface area contributed by atoms with Crippen LogP contribution in [0.1, 0.15) is 25.7 Å². The Morgan fingerprint density at radius 3 is 3.00 bits per heavy atom. The average molecular weight is 388 g/mol. The van der Waals surface area contributed by atoms with Crippen molar-refractivity contribution in [2.75, 3.05) is 18.0 Å². The first-order valence-electron chi connectivity index (χ1n) is 8.71. The number of rotatable bonds is 2. The molecule has 1 aromatic carbocycles. The van der Waals surface area contributed by atoms with Gasteiger partial charge in [-0.3, -0.25) is 0 Å². The largest absolute Gasteiger partial charge is 0.369 e. The monoisotopic (exact) mass is 387 g/mol. The number of urea groups is 1. The molecule has 5 heteroatoms. The molecule has 2 bridgehead atoms. The zero-order valence-electron chi connectivity index (χ0n) is 13.6. The molecule has 3 aliphatic rings. The van der Waals surface area contributed by atoms with E-state index in [9.17, 15) is 4.79 Å². The summed E-state index contributed by atoms with van der Waals surface area (Å²) in [4.78, 5) is 17.0. The van der Waals surface area contributed by atoms with Gasteiger partial charge in [0.15, 0.2) is 0 Å². The van der Waals surface area contributed by atoms with Crippen LogP contribution in [0.3, 0.4) is 0 Å². The van der Waals surface area contributed by atoms with Crippen molar-refractivity contribution in [3.05, 3.63) is 28.7 Å². The predicted molar refractivity (Wildman–Crippen MR) is 98.9 cm³/mol. The van der Waals surface area contributed by atoms with E-state index in [4.69, 9.17) is 6.42 Å². The number of carbonyl (C=O) groups is 1. The van der Waals surface area contributed by atoms with Gasteiger partial charge in [0, 0.05) is 35.3 Å². The summed E-state index contributed by atoms with van der Waals surface area (Å²) in [6.07, 6.45) is 10.0. The van der Waals surface area contributed by atoms with Gasteiger partial charge >= 0.3 is 6.03 Å². The molecule has 2 amide bonds. The standard InChI is InChI=1S/C19H22BrN3O/c1-2-18-13-6-7-17(10-13)23(18)19(24)21-15-8-9-22(12-15)16-5-3-4-14(20)11-16/h1,3-5,11,13,15,17-18H,6-10,12H2,(H,21,24)/t13-,15?,17+,18+/m0/s1. The number of nitrogens with one attached hydrogen (secondary N) is 1. The fourth-order valence-electron chi connectivity index (χ4n) is 4.53. The normalized spacial score (nSPS) is 31.3. The molecule has 1 N–H and O–H groups in total. The summed E-state index contributed by atoms with van der Waals surface area (Å²) in [5, 5.41) is 3.22. The number of hydrogen-bond donors (Lipinski definition) is 1. The lowest BCUT2D eigenvalue weighted by Gasteiger charge is -2.33. The Morgan fingerprint density at radius 1 is 1.33 bits per heavy atom. The third-order valence-corrected chi connectivity index (χ3v) is 6.17. The van der Waals surface area contributed by atoms with Crippen LogP contribution in [0.4, 0.5) is 10.5 Å². The number of halogens is 1. The number of fused-ring (bicyclic) bond motifs is 2. The molecule has 1 saturated carbocycles. The Bertz CT molecular complexity index is 685. The van der Waals surface area contributed by atoms with Crippen LogP contribution in [0, 0.1) is 18.3 Å². The first kappa shape index (κ1) is 15.8. The van der Waals surface area contributed by atoms with E-state index >= 15 is 0 Å². The Morgan fingerprint density at radius 2 is 2.21 bits per heavy atom. The summed E-state index contributed by atoms with van der Waals surface area (Å²) in [7, 11) is 0. The van der Waals surface area contributed by atoms with Crippen LogP contribution in [0.15, 0.2) is 28.7 Å². The van der Waals surface area contributed by atoms with Gasteiger partial charge < -0.3 is 15.1 Å². The maximum atomic E-state index is 12.8. The molecular formula is C19H22BrN3O. The van der Waals surface area contributed by atoms with Crippen LogP contribution in [-0.2, 0) is 0 Å². The highest BCUT2D eigenvalue weighted by Crippen LogP contribution is 2.42. The van der Waals surface area contributed by atoms with E-state index in [1.165, 1.54) is 12.1 Å². The molecule has 4 atom stereocenters. The highest BCUT2D eigenvalue weighted by Gasteiger charge is 2.47. The van der Waals surface area contributed by atoms with Gasteiger partial charge in [-0.15, -0.1) is 6.42 Å². The quantitative estimate of drug-likeness (QED) is 0.790. The fourth-order valence-corrected chi connectivity index (χ4v) is 4.92. The summed E-state index contributed by atoms with van der Waals surface area (Å²) in [5.41, 5.74) is 1.20. The maximum absolute atomic E-state index is 12.8. The Hall–Kier alpha value is -1.67. The maximum Gasteiger partial charge on any atom is 0.318 e. The number of piperidine rings is 1. The van der Waals surface area contributed by atoms with Crippen molar-refractivity contribution in [1.29, 1.82) is 0 Å². The predicted octanol–water partition coefficient (Wildman–Crippen LogP) is 3.22. The van der Waals surface area contributed by atoms with Crippen molar-refractivity contribution < 1.29 is 4.79 Å². The van der Waals surface area contributed by atoms with E-state index in [1.54, 1.807) is 0 Å². The number of carbonyl (C=O) groups excluding carboxylic acids is 1. The molecule has 126 valence electrons. The van der Waals surface area contributed by atoms with Crippen molar-refractivity contribution in [2.24, 2.45) is 5.92 Å². The molecule has 1 aliphatic carbocycles. The van der Waals surface area contributed by atoms with Gasteiger partial charge in [0.1, 0.15) is 0 Å². The Kier molecular flexibility index (Phi) is 4.17. The van der Waals surface area contributed by atoms with Crippen LogP contribution in [-0.4, -0.2) is 42.1 Å². The number of amides is 2. The molecule has 1 unspecified atom stereocenters. The molecule has 0 radical (unpaired) electrons. The van der Waals surface area contributed by atoms with Crippen LogP contribution < -0.4 is 10.2 Å². The van der Waals surface area contributed by atoms with E-state index in [2.05, 4.69) is 44.2 Å². The van der Waals surface area contributed by atoms with E-state index in [1.807, 2.05) is 17.0 Å². The molecule has 1 aromatic rings. The fraction of sp³-hybridized carbons (Fsp3) is 0.526. The van der Waals surface area contributed by atoms with Crippen LogP contribution in [0.2, 0.25) is 0 Å². The second-order valence-corrected chi connectivity index (χ2v) is 8.02. The molecule has 0 spiro atoms. The number of benzene rings is 1. The first-order chi connectivity index (χ1) is 11.7. The van der Waals surface area contributed by atoms with Crippen molar-refractivity contribution in [3.8, 4) is 12.3 Å². The van der Waals surface area contributed by atoms with Gasteiger partial charge in [-0.25, -0.2) is 4.79 Å². The topological polar surface area (TPSA) is 35.6 Å². The highest BCUT2D eigenvalue weighted by molar-refractivity contribution is 9.10. The molecule has 2 aliphatic heterocycles.